The quantitative estimate of drug-likeness (QED) is 0.305. The van der Waals surface area contributed by atoms with E-state index in [0.717, 1.165) is 53.0 Å². The Hall–Kier alpha value is -3.83. The highest BCUT2D eigenvalue weighted by molar-refractivity contribution is 7.20. The Labute approximate surface area is 232 Å². The molecule has 0 bridgehead atoms. The number of carbonyl (C=O) groups excluding carboxylic acids is 3. The molecule has 4 aromatic rings. The van der Waals surface area contributed by atoms with Gasteiger partial charge in [0.05, 0.1) is 23.9 Å². The van der Waals surface area contributed by atoms with Crippen molar-refractivity contribution in [3.05, 3.63) is 79.0 Å². The topological polar surface area (TPSA) is 133 Å². The number of amides is 2. The molecule has 0 saturated heterocycles. The van der Waals surface area contributed by atoms with E-state index in [1.165, 1.54) is 22.2 Å². The molecular weight excluding hydrogens is 536 g/mol. The number of hydrogen-bond acceptors (Lipinski definition) is 8. The molecule has 3 aromatic heterocycles. The minimum atomic E-state index is -0.921. The zero-order valence-corrected chi connectivity index (χ0v) is 23.2. The van der Waals surface area contributed by atoms with Crippen molar-refractivity contribution in [2.24, 2.45) is 5.73 Å². The molecule has 3 heterocycles. The zero-order chi connectivity index (χ0) is 27.7. The molecule has 1 aliphatic rings. The van der Waals surface area contributed by atoms with Crippen LogP contribution in [-0.4, -0.2) is 33.9 Å². The lowest BCUT2D eigenvalue weighted by Crippen LogP contribution is -2.32. The molecule has 9 nitrogen and oxygen atoms in total. The lowest BCUT2D eigenvalue weighted by molar-refractivity contribution is -0.118. The smallest absolute Gasteiger partial charge is 0.348 e. The molecule has 0 radical (unpaired) electrons. The first-order chi connectivity index (χ1) is 18.8. The van der Waals surface area contributed by atoms with E-state index < -0.39 is 29.4 Å². The van der Waals surface area contributed by atoms with Gasteiger partial charge in [-0.05, 0) is 56.2 Å². The van der Waals surface area contributed by atoms with Crippen molar-refractivity contribution < 1.29 is 19.1 Å². The van der Waals surface area contributed by atoms with Crippen LogP contribution in [0.5, 0.6) is 0 Å². The van der Waals surface area contributed by atoms with Gasteiger partial charge in [0.15, 0.2) is 0 Å². The third-order valence-corrected chi connectivity index (χ3v) is 9.37. The van der Waals surface area contributed by atoms with E-state index in [-0.39, 0.29) is 12.0 Å². The second-order valence-corrected chi connectivity index (χ2v) is 11.6. The minimum absolute atomic E-state index is 0.213. The van der Waals surface area contributed by atoms with Gasteiger partial charge in [0.2, 0.25) is 5.91 Å². The van der Waals surface area contributed by atoms with Crippen LogP contribution < -0.4 is 16.6 Å². The van der Waals surface area contributed by atoms with Gasteiger partial charge in [-0.2, -0.15) is 0 Å². The standard InChI is InChI=1S/C28H28N4O5S2/c1-15-20-25(39-22(15)28(36)37-13-12-17-8-4-3-5-9-17)30-14-32(27(20)35)16(2)24(34)31-26-21(23(29)33)18-10-6-7-11-19(18)38-26/h3-5,8-9,14,16H,6-7,10-13H2,1-2H3,(H2,29,33)(H,31,34). The number of nitrogens with zero attached hydrogens (tertiary/aromatic N) is 2. The van der Waals surface area contributed by atoms with E-state index in [2.05, 4.69) is 10.3 Å². The highest BCUT2D eigenvalue weighted by Crippen LogP contribution is 2.38. The van der Waals surface area contributed by atoms with Crippen LogP contribution in [0.1, 0.15) is 67.4 Å². The van der Waals surface area contributed by atoms with Crippen LogP contribution in [0, 0.1) is 6.92 Å². The number of rotatable bonds is 8. The van der Waals surface area contributed by atoms with Gasteiger partial charge in [-0.1, -0.05) is 30.3 Å². The Morgan fingerprint density at radius 2 is 1.90 bits per heavy atom. The summed E-state index contributed by atoms with van der Waals surface area (Å²) in [5.41, 5.74) is 8.03. The highest BCUT2D eigenvalue weighted by Gasteiger charge is 2.28. The summed E-state index contributed by atoms with van der Waals surface area (Å²) in [5.74, 6) is -1.55. The van der Waals surface area contributed by atoms with Gasteiger partial charge in [-0.15, -0.1) is 22.7 Å². The molecule has 11 heteroatoms. The van der Waals surface area contributed by atoms with E-state index in [1.807, 2.05) is 30.3 Å². The minimum Gasteiger partial charge on any atom is -0.461 e. The number of primary amides is 1. The molecule has 0 saturated carbocycles. The molecule has 0 fully saturated rings. The third-order valence-electron chi connectivity index (χ3n) is 6.98. The maximum absolute atomic E-state index is 13.4. The predicted molar refractivity (Wildman–Crippen MR) is 152 cm³/mol. The summed E-state index contributed by atoms with van der Waals surface area (Å²) in [6, 6.07) is 8.78. The maximum atomic E-state index is 13.4. The molecular formula is C28H28N4O5S2. The van der Waals surface area contributed by atoms with Crippen molar-refractivity contribution in [3.8, 4) is 0 Å². The molecule has 0 spiro atoms. The van der Waals surface area contributed by atoms with Gasteiger partial charge in [-0.3, -0.25) is 19.0 Å². The van der Waals surface area contributed by atoms with E-state index in [0.29, 0.717) is 32.3 Å². The van der Waals surface area contributed by atoms with Gasteiger partial charge >= 0.3 is 5.97 Å². The van der Waals surface area contributed by atoms with Crippen molar-refractivity contribution in [1.82, 2.24) is 9.55 Å². The maximum Gasteiger partial charge on any atom is 0.348 e. The van der Waals surface area contributed by atoms with Crippen LogP contribution in [0.25, 0.3) is 10.2 Å². The second-order valence-electron chi connectivity index (χ2n) is 9.51. The fourth-order valence-corrected chi connectivity index (χ4v) is 7.17. The molecule has 1 aromatic carbocycles. The van der Waals surface area contributed by atoms with Crippen LogP contribution in [-0.2, 0) is 28.8 Å². The fourth-order valence-electron chi connectivity index (χ4n) is 4.84. The Morgan fingerprint density at radius 1 is 1.15 bits per heavy atom. The normalized spacial score (nSPS) is 13.6. The first-order valence-corrected chi connectivity index (χ1v) is 14.4. The van der Waals surface area contributed by atoms with Crippen LogP contribution in [0.2, 0.25) is 0 Å². The number of ether oxygens (including phenoxy) is 1. The zero-order valence-electron chi connectivity index (χ0n) is 21.6. The average molecular weight is 565 g/mol. The summed E-state index contributed by atoms with van der Waals surface area (Å²) in [7, 11) is 0. The number of benzene rings is 1. The number of carbonyl (C=O) groups is 3. The Morgan fingerprint density at radius 3 is 2.64 bits per heavy atom. The summed E-state index contributed by atoms with van der Waals surface area (Å²) >= 11 is 2.46. The molecule has 202 valence electrons. The first-order valence-electron chi connectivity index (χ1n) is 12.7. The molecule has 1 atom stereocenters. The van der Waals surface area contributed by atoms with Gasteiger partial charge in [0.1, 0.15) is 20.8 Å². The molecule has 3 N–H and O–H groups in total. The molecule has 0 aliphatic heterocycles. The SMILES string of the molecule is Cc1c(C(=O)OCCc2ccccc2)sc2ncn(C(C)C(=O)Nc3sc4c(c3C(N)=O)CCCC4)c(=O)c12. The monoisotopic (exact) mass is 564 g/mol. The first kappa shape index (κ1) is 26.8. The Balaban J connectivity index is 1.35. The van der Waals surface area contributed by atoms with E-state index in [9.17, 15) is 19.2 Å². The van der Waals surface area contributed by atoms with Gasteiger partial charge in [0.25, 0.3) is 11.5 Å². The van der Waals surface area contributed by atoms with E-state index in [4.69, 9.17) is 10.5 Å². The molecule has 39 heavy (non-hydrogen) atoms. The molecule has 1 aliphatic carbocycles. The fraction of sp³-hybridized carbons (Fsp3) is 0.321. The number of thiophene rings is 2. The van der Waals surface area contributed by atoms with Gasteiger partial charge < -0.3 is 15.8 Å². The Bertz CT molecular complexity index is 1640. The van der Waals surface area contributed by atoms with Crippen molar-refractivity contribution >= 4 is 55.7 Å². The summed E-state index contributed by atoms with van der Waals surface area (Å²) in [6.45, 7) is 3.48. The summed E-state index contributed by atoms with van der Waals surface area (Å²) in [6.07, 6.45) is 5.49. The van der Waals surface area contributed by atoms with Crippen LogP contribution in [0.15, 0.2) is 41.5 Å². The van der Waals surface area contributed by atoms with Gasteiger partial charge in [-0.25, -0.2) is 9.78 Å². The molecule has 1 unspecified atom stereocenters. The summed E-state index contributed by atoms with van der Waals surface area (Å²) in [5, 5.41) is 3.51. The largest absolute Gasteiger partial charge is 0.461 e. The van der Waals surface area contributed by atoms with Crippen molar-refractivity contribution in [3.63, 3.8) is 0 Å². The van der Waals surface area contributed by atoms with Gasteiger partial charge in [0, 0.05) is 11.3 Å². The second kappa shape index (κ2) is 11.1. The van der Waals surface area contributed by atoms with E-state index >= 15 is 0 Å². The van der Waals surface area contributed by atoms with Crippen molar-refractivity contribution in [2.45, 2.75) is 52.0 Å². The number of aryl methyl sites for hydroxylation is 2. The van der Waals surface area contributed by atoms with Crippen LogP contribution >= 0.6 is 22.7 Å². The lowest BCUT2D eigenvalue weighted by atomic mass is 9.95. The number of aromatic nitrogens is 2. The number of nitrogens with two attached hydrogens (primary N) is 1. The number of anilines is 1. The lowest BCUT2D eigenvalue weighted by Gasteiger charge is -2.15. The van der Waals surface area contributed by atoms with Crippen LogP contribution in [0.3, 0.4) is 0 Å². The summed E-state index contributed by atoms with van der Waals surface area (Å²) in [4.78, 5) is 57.8. The number of nitrogens with one attached hydrogen (secondary N) is 1. The van der Waals surface area contributed by atoms with Crippen molar-refractivity contribution in [1.29, 1.82) is 0 Å². The Kier molecular flexibility index (Phi) is 7.62. The predicted octanol–water partition coefficient (Wildman–Crippen LogP) is 4.40. The third kappa shape index (κ3) is 5.24. The number of fused-ring (bicyclic) bond motifs is 2. The highest BCUT2D eigenvalue weighted by atomic mass is 32.1. The molecule has 5 rings (SSSR count). The van der Waals surface area contributed by atoms with Crippen LogP contribution in [0.4, 0.5) is 5.00 Å². The van der Waals surface area contributed by atoms with E-state index in [1.54, 1.807) is 13.8 Å². The summed E-state index contributed by atoms with van der Waals surface area (Å²) < 4.78 is 6.70. The number of hydrogen-bond donors (Lipinski definition) is 2. The number of esters is 1. The average Bonchev–Trinajstić information content (AvgIpc) is 3.46. The molecule has 2 amide bonds. The van der Waals surface area contributed by atoms with Crippen molar-refractivity contribution in [2.75, 3.05) is 11.9 Å².